The van der Waals surface area contributed by atoms with Crippen LogP contribution in [0.1, 0.15) is 42.7 Å². The number of aliphatic carboxylic acids is 1. The van der Waals surface area contributed by atoms with Crippen LogP contribution in [0.15, 0.2) is 48.5 Å². The molecule has 178 valence electrons. The van der Waals surface area contributed by atoms with Crippen LogP contribution in [0.25, 0.3) is 11.1 Å². The van der Waals surface area contributed by atoms with E-state index in [1.807, 2.05) is 24.3 Å². The van der Waals surface area contributed by atoms with Crippen molar-refractivity contribution in [3.8, 4) is 11.1 Å². The normalized spacial score (nSPS) is 21.5. The lowest BCUT2D eigenvalue weighted by Crippen LogP contribution is -2.40. The molecule has 5 rings (SSSR count). The number of carboxylic acid groups (broad SMARTS) is 1. The number of alkyl carbamates (subject to hydrolysis) is 1. The number of rotatable bonds is 9. The summed E-state index contributed by atoms with van der Waals surface area (Å²) in [5.74, 6) is -1.40. The second kappa shape index (κ2) is 9.49. The highest BCUT2D eigenvalue weighted by atomic mass is 16.5. The second-order valence-corrected chi connectivity index (χ2v) is 9.69. The SMILES string of the molecule is O=C(NC[C@@H]1C[C@@H]1C(=O)NCC(C(=O)O)C1CCC1)OCC1c2ccccc2-c2ccccc21. The molecule has 2 aromatic carbocycles. The van der Waals surface area contributed by atoms with Crippen molar-refractivity contribution in [2.45, 2.75) is 31.6 Å². The molecule has 2 amide bonds. The predicted molar refractivity (Wildman–Crippen MR) is 126 cm³/mol. The van der Waals surface area contributed by atoms with E-state index in [1.165, 1.54) is 11.1 Å². The summed E-state index contributed by atoms with van der Waals surface area (Å²) in [5.41, 5.74) is 4.69. The summed E-state index contributed by atoms with van der Waals surface area (Å²) in [6.07, 6.45) is 3.11. The molecule has 0 heterocycles. The first-order valence-electron chi connectivity index (χ1n) is 12.1. The van der Waals surface area contributed by atoms with Gasteiger partial charge in [0.25, 0.3) is 0 Å². The number of hydrogen-bond acceptors (Lipinski definition) is 4. The molecule has 0 bridgehead atoms. The molecule has 3 N–H and O–H groups in total. The fraction of sp³-hybridized carbons (Fsp3) is 0.444. The molecule has 2 saturated carbocycles. The number of nitrogens with one attached hydrogen (secondary N) is 2. The van der Waals surface area contributed by atoms with E-state index in [0.717, 1.165) is 30.4 Å². The van der Waals surface area contributed by atoms with Gasteiger partial charge in [-0.15, -0.1) is 0 Å². The molecule has 0 saturated heterocycles. The van der Waals surface area contributed by atoms with Gasteiger partial charge in [0, 0.05) is 24.9 Å². The highest BCUT2D eigenvalue weighted by Gasteiger charge is 2.43. The standard InChI is InChI=1S/C27H30N2O5/c30-25(28-14-23(26(31)32)16-6-5-7-16)22-12-17(22)13-29-27(33)34-15-24-20-10-3-1-8-18(20)19-9-2-4-11-21(19)24/h1-4,8-11,16-17,22-24H,5-7,12-15H2,(H,28,30)(H,29,33)(H,31,32)/t17-,22-,23?/m0/s1. The van der Waals surface area contributed by atoms with Gasteiger partial charge in [-0.1, -0.05) is 55.0 Å². The van der Waals surface area contributed by atoms with Crippen LogP contribution in [-0.2, 0) is 14.3 Å². The van der Waals surface area contributed by atoms with Crippen LogP contribution in [-0.4, -0.2) is 42.8 Å². The molecule has 0 spiro atoms. The van der Waals surface area contributed by atoms with E-state index < -0.39 is 18.0 Å². The van der Waals surface area contributed by atoms with Gasteiger partial charge in [0.1, 0.15) is 6.61 Å². The summed E-state index contributed by atoms with van der Waals surface area (Å²) >= 11 is 0. The van der Waals surface area contributed by atoms with Gasteiger partial charge in [0.05, 0.1) is 5.92 Å². The van der Waals surface area contributed by atoms with Crippen LogP contribution in [0.5, 0.6) is 0 Å². The van der Waals surface area contributed by atoms with Crippen LogP contribution in [0.3, 0.4) is 0 Å². The average molecular weight is 463 g/mol. The highest BCUT2D eigenvalue weighted by Crippen LogP contribution is 2.44. The molecule has 7 heteroatoms. The third kappa shape index (κ3) is 4.52. The minimum absolute atomic E-state index is 0.00968. The number of ether oxygens (including phenoxy) is 1. The maximum Gasteiger partial charge on any atom is 0.407 e. The first-order valence-corrected chi connectivity index (χ1v) is 12.1. The lowest BCUT2D eigenvalue weighted by atomic mass is 9.76. The molecular weight excluding hydrogens is 432 g/mol. The predicted octanol–water partition coefficient (Wildman–Crippen LogP) is 3.78. The van der Waals surface area contributed by atoms with E-state index >= 15 is 0 Å². The molecule has 2 aromatic rings. The van der Waals surface area contributed by atoms with E-state index in [4.69, 9.17) is 4.74 Å². The smallest absolute Gasteiger partial charge is 0.407 e. The van der Waals surface area contributed by atoms with Gasteiger partial charge in [-0.05, 0) is 53.4 Å². The molecule has 3 aliphatic carbocycles. The van der Waals surface area contributed by atoms with Gasteiger partial charge in [0.15, 0.2) is 0 Å². The zero-order valence-corrected chi connectivity index (χ0v) is 19.0. The Hall–Kier alpha value is -3.35. The topological polar surface area (TPSA) is 105 Å². The number of amides is 2. The fourth-order valence-corrected chi connectivity index (χ4v) is 5.30. The first-order chi connectivity index (χ1) is 16.5. The lowest BCUT2D eigenvalue weighted by molar-refractivity contribution is -0.144. The van der Waals surface area contributed by atoms with Crippen molar-refractivity contribution in [3.63, 3.8) is 0 Å². The van der Waals surface area contributed by atoms with Gasteiger partial charge in [0.2, 0.25) is 5.91 Å². The van der Waals surface area contributed by atoms with Gasteiger partial charge in [-0.2, -0.15) is 0 Å². The Kier molecular flexibility index (Phi) is 6.26. The minimum Gasteiger partial charge on any atom is -0.481 e. The van der Waals surface area contributed by atoms with E-state index in [9.17, 15) is 19.5 Å². The van der Waals surface area contributed by atoms with Gasteiger partial charge in [-0.3, -0.25) is 9.59 Å². The van der Waals surface area contributed by atoms with Crippen LogP contribution in [0.4, 0.5) is 4.79 Å². The zero-order valence-electron chi connectivity index (χ0n) is 19.0. The molecule has 3 aliphatic rings. The van der Waals surface area contributed by atoms with Gasteiger partial charge in [-0.25, -0.2) is 4.79 Å². The Morgan fingerprint density at radius 2 is 1.62 bits per heavy atom. The van der Waals surface area contributed by atoms with Crippen molar-refractivity contribution in [2.24, 2.45) is 23.7 Å². The molecule has 3 atom stereocenters. The Morgan fingerprint density at radius 1 is 0.971 bits per heavy atom. The molecule has 2 fully saturated rings. The second-order valence-electron chi connectivity index (χ2n) is 9.69. The fourth-order valence-electron chi connectivity index (χ4n) is 5.30. The summed E-state index contributed by atoms with van der Waals surface area (Å²) < 4.78 is 5.55. The number of benzene rings is 2. The highest BCUT2D eigenvalue weighted by molar-refractivity contribution is 5.82. The average Bonchev–Trinajstić information content (AvgIpc) is 3.52. The van der Waals surface area contributed by atoms with Crippen LogP contribution >= 0.6 is 0 Å². The zero-order chi connectivity index (χ0) is 23.7. The summed E-state index contributed by atoms with van der Waals surface area (Å²) in [7, 11) is 0. The molecule has 0 aliphatic heterocycles. The van der Waals surface area contributed by atoms with Crippen molar-refractivity contribution in [3.05, 3.63) is 59.7 Å². The van der Waals surface area contributed by atoms with E-state index in [2.05, 4.69) is 34.9 Å². The van der Waals surface area contributed by atoms with E-state index in [1.54, 1.807) is 0 Å². The maximum atomic E-state index is 12.4. The summed E-state index contributed by atoms with van der Waals surface area (Å²) in [6, 6.07) is 16.4. The third-order valence-electron chi connectivity index (χ3n) is 7.64. The Labute approximate surface area is 198 Å². The number of carbonyl (C=O) groups excluding carboxylic acids is 2. The Balaban J connectivity index is 1.06. The molecular formula is C27H30N2O5. The molecule has 0 radical (unpaired) electrons. The van der Waals surface area contributed by atoms with Crippen molar-refractivity contribution in [1.82, 2.24) is 10.6 Å². The summed E-state index contributed by atoms with van der Waals surface area (Å²) in [5, 5.41) is 15.0. The van der Waals surface area contributed by atoms with Gasteiger partial charge < -0.3 is 20.5 Å². The number of carbonyl (C=O) groups is 3. The van der Waals surface area contributed by atoms with Gasteiger partial charge >= 0.3 is 12.1 Å². The van der Waals surface area contributed by atoms with E-state index in [0.29, 0.717) is 13.0 Å². The third-order valence-corrected chi connectivity index (χ3v) is 7.64. The monoisotopic (exact) mass is 462 g/mol. The van der Waals surface area contributed by atoms with Crippen LogP contribution < -0.4 is 10.6 Å². The van der Waals surface area contributed by atoms with E-state index in [-0.39, 0.29) is 42.7 Å². The number of carboxylic acids is 1. The van der Waals surface area contributed by atoms with Crippen LogP contribution in [0.2, 0.25) is 0 Å². The Morgan fingerprint density at radius 3 is 2.21 bits per heavy atom. The Bertz CT molecular complexity index is 1050. The minimum atomic E-state index is -0.839. The maximum absolute atomic E-state index is 12.4. The molecule has 1 unspecified atom stereocenters. The first kappa shape index (κ1) is 22.4. The largest absolute Gasteiger partial charge is 0.481 e. The van der Waals surface area contributed by atoms with Crippen LogP contribution in [0, 0.1) is 23.7 Å². The summed E-state index contributed by atoms with van der Waals surface area (Å²) in [4.78, 5) is 36.2. The molecule has 0 aromatic heterocycles. The quantitative estimate of drug-likeness (QED) is 0.526. The lowest BCUT2D eigenvalue weighted by Gasteiger charge is -2.31. The number of fused-ring (bicyclic) bond motifs is 3. The summed E-state index contributed by atoms with van der Waals surface area (Å²) in [6.45, 7) is 0.813. The molecule has 7 nitrogen and oxygen atoms in total. The number of hydrogen-bond donors (Lipinski definition) is 3. The van der Waals surface area contributed by atoms with Crippen molar-refractivity contribution in [2.75, 3.05) is 19.7 Å². The molecule has 34 heavy (non-hydrogen) atoms. The van der Waals surface area contributed by atoms with Crippen molar-refractivity contribution < 1.29 is 24.2 Å². The van der Waals surface area contributed by atoms with Crippen molar-refractivity contribution >= 4 is 18.0 Å². The van der Waals surface area contributed by atoms with Crippen molar-refractivity contribution in [1.29, 1.82) is 0 Å².